The van der Waals surface area contributed by atoms with E-state index < -0.39 is 6.36 Å². The second-order valence-corrected chi connectivity index (χ2v) is 6.12. The van der Waals surface area contributed by atoms with Crippen LogP contribution in [0.25, 0.3) is 11.0 Å². The summed E-state index contributed by atoms with van der Waals surface area (Å²) in [6.45, 7) is 3.22. The summed E-state index contributed by atoms with van der Waals surface area (Å²) >= 11 is 0. The lowest BCUT2D eigenvalue weighted by atomic mass is 10.3. The normalized spacial score (nSPS) is 11.9. The highest BCUT2D eigenvalue weighted by Gasteiger charge is 2.30. The highest BCUT2D eigenvalue weighted by Crippen LogP contribution is 2.23. The van der Waals surface area contributed by atoms with Crippen molar-refractivity contribution in [1.29, 1.82) is 0 Å². The first-order valence-corrected chi connectivity index (χ1v) is 8.66. The number of nitrogens with two attached hydrogens (primary N) is 1. The first kappa shape index (κ1) is 22.8. The van der Waals surface area contributed by atoms with Crippen LogP contribution in [0.4, 0.5) is 18.9 Å². The number of ether oxygens (including phenoxy) is 1. The molecule has 0 fully saturated rings. The van der Waals surface area contributed by atoms with E-state index in [1.807, 2.05) is 31.2 Å². The van der Waals surface area contributed by atoms with Crippen LogP contribution in [-0.2, 0) is 6.54 Å². The summed E-state index contributed by atoms with van der Waals surface area (Å²) in [5, 5.41) is 2.84. The summed E-state index contributed by atoms with van der Waals surface area (Å²) in [5.41, 5.74) is 8.40. The van der Waals surface area contributed by atoms with Crippen LogP contribution >= 0.6 is 24.0 Å². The van der Waals surface area contributed by atoms with Crippen LogP contribution in [0.1, 0.15) is 12.2 Å². The van der Waals surface area contributed by atoms with Crippen molar-refractivity contribution in [2.75, 3.05) is 11.9 Å². The van der Waals surface area contributed by atoms with Gasteiger partial charge in [0.05, 0.1) is 11.0 Å². The largest absolute Gasteiger partial charge is 0.573 e. The maximum atomic E-state index is 12.2. The Balaban J connectivity index is 0.00000300. The van der Waals surface area contributed by atoms with Crippen molar-refractivity contribution in [3.8, 4) is 5.75 Å². The highest BCUT2D eigenvalue weighted by molar-refractivity contribution is 14.0. The third-order valence-corrected chi connectivity index (χ3v) is 4.03. The van der Waals surface area contributed by atoms with Crippen LogP contribution in [0.5, 0.6) is 5.75 Å². The number of guanidine groups is 1. The lowest BCUT2D eigenvalue weighted by Crippen LogP contribution is -2.23. The van der Waals surface area contributed by atoms with Gasteiger partial charge in [-0.15, -0.1) is 37.1 Å². The van der Waals surface area contributed by atoms with Gasteiger partial charge in [0.1, 0.15) is 11.6 Å². The Labute approximate surface area is 183 Å². The number of hydrogen-bond acceptors (Lipinski definition) is 3. The minimum absolute atomic E-state index is 0. The Bertz CT molecular complexity index is 970. The van der Waals surface area contributed by atoms with E-state index in [9.17, 15) is 13.2 Å². The molecule has 0 unspecified atom stereocenters. The topological polar surface area (TPSA) is 77.5 Å². The Morgan fingerprint density at radius 3 is 2.55 bits per heavy atom. The van der Waals surface area contributed by atoms with Crippen LogP contribution in [0, 0.1) is 6.92 Å². The number of fused-ring (bicyclic) bond motifs is 1. The first-order valence-electron chi connectivity index (χ1n) is 8.66. The number of benzene rings is 2. The average Bonchev–Trinajstić information content (AvgIpc) is 2.94. The smallest absolute Gasteiger partial charge is 0.406 e. The van der Waals surface area contributed by atoms with E-state index in [1.54, 1.807) is 0 Å². The molecule has 156 valence electrons. The van der Waals surface area contributed by atoms with Gasteiger partial charge in [-0.2, -0.15) is 0 Å². The molecule has 0 amide bonds. The van der Waals surface area contributed by atoms with Crippen LogP contribution in [-0.4, -0.2) is 28.4 Å². The number of aryl methyl sites for hydroxylation is 2. The van der Waals surface area contributed by atoms with Gasteiger partial charge in [-0.1, -0.05) is 12.1 Å². The molecule has 2 aromatic carbocycles. The third-order valence-electron chi connectivity index (χ3n) is 4.03. The van der Waals surface area contributed by atoms with Crippen LogP contribution in [0.2, 0.25) is 0 Å². The van der Waals surface area contributed by atoms with Gasteiger partial charge in [0, 0.05) is 18.8 Å². The molecule has 0 saturated heterocycles. The molecule has 0 radical (unpaired) electrons. The zero-order valence-corrected chi connectivity index (χ0v) is 17.9. The molecule has 10 heteroatoms. The fraction of sp³-hybridized carbons (Fsp3) is 0.263. The van der Waals surface area contributed by atoms with Crippen molar-refractivity contribution in [3.63, 3.8) is 0 Å². The summed E-state index contributed by atoms with van der Waals surface area (Å²) in [6, 6.07) is 13.2. The van der Waals surface area contributed by atoms with Crippen molar-refractivity contribution >= 4 is 46.7 Å². The molecule has 3 rings (SSSR count). The highest BCUT2D eigenvalue weighted by atomic mass is 127. The zero-order valence-electron chi connectivity index (χ0n) is 15.6. The molecular weight excluding hydrogens is 498 g/mol. The molecule has 0 atom stereocenters. The SMILES string of the molecule is Cc1nc2ccccc2n1CCCN=C(N)Nc1ccc(OC(F)(F)F)cc1.I. The van der Waals surface area contributed by atoms with Gasteiger partial charge in [-0.3, -0.25) is 4.99 Å². The number of nitrogens with one attached hydrogen (secondary N) is 1. The van der Waals surface area contributed by atoms with Crippen molar-refractivity contribution in [3.05, 3.63) is 54.4 Å². The number of aliphatic imine (C=N–C) groups is 1. The number of nitrogens with zero attached hydrogens (tertiary/aromatic N) is 3. The molecule has 0 aliphatic rings. The standard InChI is InChI=1S/C19H20F3N5O.HI/c1-13-25-16-5-2-3-6-17(16)27(13)12-4-11-24-18(23)26-14-7-9-15(10-8-14)28-19(20,21)22;/h2-3,5-10H,4,11-12H2,1H3,(H3,23,24,26);1H. The minimum atomic E-state index is -4.71. The summed E-state index contributed by atoms with van der Waals surface area (Å²) in [4.78, 5) is 8.77. The van der Waals surface area contributed by atoms with E-state index >= 15 is 0 Å². The van der Waals surface area contributed by atoms with E-state index in [0.717, 1.165) is 29.8 Å². The van der Waals surface area contributed by atoms with Gasteiger partial charge in [0.15, 0.2) is 5.96 Å². The molecule has 29 heavy (non-hydrogen) atoms. The maximum absolute atomic E-state index is 12.2. The monoisotopic (exact) mass is 519 g/mol. The number of alkyl halides is 3. The van der Waals surface area contributed by atoms with E-state index in [4.69, 9.17) is 5.73 Å². The van der Waals surface area contributed by atoms with Gasteiger partial charge >= 0.3 is 6.36 Å². The molecule has 0 saturated carbocycles. The molecular formula is C19H21F3IN5O. The molecule has 1 aromatic heterocycles. The van der Waals surface area contributed by atoms with Gasteiger partial charge in [0.2, 0.25) is 0 Å². The summed E-state index contributed by atoms with van der Waals surface area (Å²) < 4.78 is 42.4. The minimum Gasteiger partial charge on any atom is -0.406 e. The van der Waals surface area contributed by atoms with Gasteiger partial charge in [-0.25, -0.2) is 4.98 Å². The average molecular weight is 519 g/mol. The van der Waals surface area contributed by atoms with Gasteiger partial charge in [0.25, 0.3) is 0 Å². The molecule has 3 N–H and O–H groups in total. The Hall–Kier alpha value is -2.50. The van der Waals surface area contributed by atoms with Crippen molar-refractivity contribution < 1.29 is 17.9 Å². The number of rotatable bonds is 6. The number of para-hydroxylation sites is 2. The molecule has 1 heterocycles. The van der Waals surface area contributed by atoms with Crippen LogP contribution < -0.4 is 15.8 Å². The predicted molar refractivity (Wildman–Crippen MR) is 118 cm³/mol. The third kappa shape index (κ3) is 6.51. The van der Waals surface area contributed by atoms with Crippen molar-refractivity contribution in [2.24, 2.45) is 10.7 Å². The second kappa shape index (κ2) is 9.81. The summed E-state index contributed by atoms with van der Waals surface area (Å²) in [7, 11) is 0. The molecule has 6 nitrogen and oxygen atoms in total. The lowest BCUT2D eigenvalue weighted by Gasteiger charge is -2.10. The van der Waals surface area contributed by atoms with Crippen molar-refractivity contribution in [1.82, 2.24) is 9.55 Å². The zero-order chi connectivity index (χ0) is 20.1. The van der Waals surface area contributed by atoms with Crippen LogP contribution in [0.15, 0.2) is 53.5 Å². The molecule has 0 spiro atoms. The fourth-order valence-electron chi connectivity index (χ4n) is 2.83. The summed E-state index contributed by atoms with van der Waals surface area (Å²) in [5.74, 6) is 0.839. The van der Waals surface area contributed by atoms with Gasteiger partial charge < -0.3 is 20.4 Å². The number of hydrogen-bond donors (Lipinski definition) is 2. The number of imidazole rings is 1. The molecule has 0 bridgehead atoms. The Morgan fingerprint density at radius 1 is 1.17 bits per heavy atom. The van der Waals surface area contributed by atoms with Crippen LogP contribution in [0.3, 0.4) is 0 Å². The number of anilines is 1. The Kier molecular flexibility index (Phi) is 7.71. The van der Waals surface area contributed by atoms with Gasteiger partial charge in [-0.05, 0) is 49.7 Å². The van der Waals surface area contributed by atoms with E-state index in [0.29, 0.717) is 12.2 Å². The number of halogens is 4. The predicted octanol–water partition coefficient (Wildman–Crippen LogP) is 4.68. The van der Waals surface area contributed by atoms with E-state index in [1.165, 1.54) is 24.3 Å². The van der Waals surface area contributed by atoms with E-state index in [-0.39, 0.29) is 35.7 Å². The Morgan fingerprint density at radius 2 is 1.86 bits per heavy atom. The molecule has 0 aliphatic carbocycles. The lowest BCUT2D eigenvalue weighted by molar-refractivity contribution is -0.274. The van der Waals surface area contributed by atoms with Crippen molar-refractivity contribution in [2.45, 2.75) is 26.3 Å². The quantitative estimate of drug-likeness (QED) is 0.215. The maximum Gasteiger partial charge on any atom is 0.573 e. The fourth-order valence-corrected chi connectivity index (χ4v) is 2.83. The molecule has 0 aliphatic heterocycles. The number of aromatic nitrogens is 2. The first-order chi connectivity index (χ1) is 13.3. The molecule has 3 aromatic rings. The summed E-state index contributed by atoms with van der Waals surface area (Å²) in [6.07, 6.45) is -3.95. The van der Waals surface area contributed by atoms with E-state index in [2.05, 4.69) is 24.6 Å². The second-order valence-electron chi connectivity index (χ2n) is 6.12.